The lowest BCUT2D eigenvalue weighted by molar-refractivity contribution is -0.128. The summed E-state index contributed by atoms with van der Waals surface area (Å²) in [5.41, 5.74) is 5.49. The molecule has 1 amide bonds. The number of benzene rings is 1. The number of hydrogen-bond acceptors (Lipinski definition) is 4. The van der Waals surface area contributed by atoms with Crippen LogP contribution in [0.3, 0.4) is 0 Å². The van der Waals surface area contributed by atoms with E-state index in [0.717, 1.165) is 25.0 Å². The molecule has 0 radical (unpaired) electrons. The number of amides is 1. The number of carbonyl (C=O) groups excluding carboxylic acids is 1. The van der Waals surface area contributed by atoms with E-state index in [2.05, 4.69) is 4.72 Å². The highest BCUT2D eigenvalue weighted by Gasteiger charge is 2.23. The number of anilines is 1. The maximum atomic E-state index is 13.6. The van der Waals surface area contributed by atoms with Gasteiger partial charge in [-0.1, -0.05) is 0 Å². The third-order valence-corrected chi connectivity index (χ3v) is 4.55. The Morgan fingerprint density at radius 3 is 2.60 bits per heavy atom. The zero-order valence-corrected chi connectivity index (χ0v) is 11.6. The fourth-order valence-corrected chi connectivity index (χ4v) is 3.08. The number of halogens is 1. The molecule has 6 nitrogen and oxygen atoms in total. The summed E-state index contributed by atoms with van der Waals surface area (Å²) in [6.45, 7) is 0.903. The second-order valence-electron chi connectivity index (χ2n) is 4.60. The van der Waals surface area contributed by atoms with Crippen molar-refractivity contribution in [1.29, 1.82) is 0 Å². The van der Waals surface area contributed by atoms with Crippen molar-refractivity contribution in [3.05, 3.63) is 24.0 Å². The Kier molecular flexibility index (Phi) is 4.24. The summed E-state index contributed by atoms with van der Waals surface area (Å²) in [5.74, 6) is -1.24. The molecule has 1 aromatic rings. The van der Waals surface area contributed by atoms with Gasteiger partial charge in [-0.3, -0.25) is 4.79 Å². The molecule has 0 spiro atoms. The molecule has 1 saturated heterocycles. The number of hydrogen-bond donors (Lipinski definition) is 2. The molecular formula is C12H16FN3O3S. The van der Waals surface area contributed by atoms with Crippen molar-refractivity contribution in [2.45, 2.75) is 17.7 Å². The lowest BCUT2D eigenvalue weighted by Crippen LogP contribution is -2.38. The zero-order valence-electron chi connectivity index (χ0n) is 10.8. The fraction of sp³-hybridized carbons (Fsp3) is 0.417. The molecule has 1 aliphatic heterocycles. The molecule has 110 valence electrons. The lowest BCUT2D eigenvalue weighted by Gasteiger charge is -2.15. The minimum atomic E-state index is -4.06. The average Bonchev–Trinajstić information content (AvgIpc) is 2.89. The topological polar surface area (TPSA) is 92.5 Å². The van der Waals surface area contributed by atoms with Gasteiger partial charge in [0.25, 0.3) is 0 Å². The Hall–Kier alpha value is -1.67. The Morgan fingerprint density at radius 1 is 1.35 bits per heavy atom. The van der Waals surface area contributed by atoms with Crippen molar-refractivity contribution in [2.24, 2.45) is 0 Å². The van der Waals surface area contributed by atoms with Gasteiger partial charge in [-0.05, 0) is 31.0 Å². The number of carbonyl (C=O) groups is 1. The standard InChI is InChI=1S/C12H16FN3O3S/c13-10-7-9(14)3-4-11(10)20(18,19)15-8-12(17)16-5-1-2-6-16/h3-4,7,15H,1-2,5-6,8,14H2. The van der Waals surface area contributed by atoms with Crippen LogP contribution in [-0.2, 0) is 14.8 Å². The molecule has 0 atom stereocenters. The maximum Gasteiger partial charge on any atom is 0.243 e. The maximum absolute atomic E-state index is 13.6. The fourth-order valence-electron chi connectivity index (χ4n) is 2.05. The number of likely N-dealkylation sites (tertiary alicyclic amines) is 1. The SMILES string of the molecule is Nc1ccc(S(=O)(=O)NCC(=O)N2CCCC2)c(F)c1. The number of nitrogen functional groups attached to an aromatic ring is 1. The number of rotatable bonds is 4. The van der Waals surface area contributed by atoms with E-state index in [4.69, 9.17) is 5.73 Å². The van der Waals surface area contributed by atoms with Crippen molar-refractivity contribution in [2.75, 3.05) is 25.4 Å². The number of nitrogens with one attached hydrogen (secondary N) is 1. The van der Waals surface area contributed by atoms with Crippen molar-refractivity contribution < 1.29 is 17.6 Å². The van der Waals surface area contributed by atoms with Crippen molar-refractivity contribution in [1.82, 2.24) is 9.62 Å². The summed E-state index contributed by atoms with van der Waals surface area (Å²) < 4.78 is 39.5. The smallest absolute Gasteiger partial charge is 0.243 e. The predicted molar refractivity (Wildman–Crippen MR) is 71.8 cm³/mol. The van der Waals surface area contributed by atoms with Crippen LogP contribution < -0.4 is 10.5 Å². The quantitative estimate of drug-likeness (QED) is 0.783. The van der Waals surface area contributed by atoms with Crippen LogP contribution in [0.2, 0.25) is 0 Å². The zero-order chi connectivity index (χ0) is 14.8. The Labute approximate surface area is 116 Å². The van der Waals surface area contributed by atoms with Gasteiger partial charge in [0.2, 0.25) is 15.9 Å². The molecule has 0 unspecified atom stereocenters. The second kappa shape index (κ2) is 5.76. The number of sulfonamides is 1. The van der Waals surface area contributed by atoms with E-state index >= 15 is 0 Å². The van der Waals surface area contributed by atoms with Gasteiger partial charge >= 0.3 is 0 Å². The summed E-state index contributed by atoms with van der Waals surface area (Å²) in [6, 6.07) is 3.30. The van der Waals surface area contributed by atoms with Gasteiger partial charge in [0.05, 0.1) is 6.54 Å². The highest BCUT2D eigenvalue weighted by atomic mass is 32.2. The van der Waals surface area contributed by atoms with E-state index in [0.29, 0.717) is 13.1 Å². The molecule has 20 heavy (non-hydrogen) atoms. The summed E-state index contributed by atoms with van der Waals surface area (Å²) in [5, 5.41) is 0. The second-order valence-corrected chi connectivity index (χ2v) is 6.34. The van der Waals surface area contributed by atoms with E-state index in [9.17, 15) is 17.6 Å². The van der Waals surface area contributed by atoms with Crippen molar-refractivity contribution in [3.63, 3.8) is 0 Å². The van der Waals surface area contributed by atoms with Crippen molar-refractivity contribution >= 4 is 21.6 Å². The highest BCUT2D eigenvalue weighted by molar-refractivity contribution is 7.89. The van der Waals surface area contributed by atoms with Gasteiger partial charge in [-0.15, -0.1) is 0 Å². The van der Waals surface area contributed by atoms with Crippen LogP contribution in [-0.4, -0.2) is 38.9 Å². The van der Waals surface area contributed by atoms with E-state index in [1.165, 1.54) is 6.07 Å². The highest BCUT2D eigenvalue weighted by Crippen LogP contribution is 2.17. The summed E-state index contributed by atoms with van der Waals surface area (Å²) in [7, 11) is -4.06. The van der Waals surface area contributed by atoms with Crippen molar-refractivity contribution in [3.8, 4) is 0 Å². The molecule has 8 heteroatoms. The lowest BCUT2D eigenvalue weighted by atomic mass is 10.3. The normalized spacial score (nSPS) is 15.6. The summed E-state index contributed by atoms with van der Waals surface area (Å²) >= 11 is 0. The minimum Gasteiger partial charge on any atom is -0.399 e. The van der Waals surface area contributed by atoms with Gasteiger partial charge in [0.15, 0.2) is 0 Å². The molecule has 0 aromatic heterocycles. The molecule has 0 bridgehead atoms. The van der Waals surface area contributed by atoms with Crippen LogP contribution in [0.5, 0.6) is 0 Å². The largest absolute Gasteiger partial charge is 0.399 e. The third kappa shape index (κ3) is 3.26. The molecule has 2 rings (SSSR count). The minimum absolute atomic E-state index is 0.134. The van der Waals surface area contributed by atoms with Gasteiger partial charge in [-0.25, -0.2) is 17.5 Å². The molecule has 1 heterocycles. The monoisotopic (exact) mass is 301 g/mol. The first kappa shape index (κ1) is 14.7. The Balaban J connectivity index is 2.05. The first-order valence-electron chi connectivity index (χ1n) is 6.22. The average molecular weight is 301 g/mol. The van der Waals surface area contributed by atoms with Crippen LogP contribution >= 0.6 is 0 Å². The first-order chi connectivity index (χ1) is 9.40. The van der Waals surface area contributed by atoms with Crippen LogP contribution in [0.15, 0.2) is 23.1 Å². The third-order valence-electron chi connectivity index (χ3n) is 3.12. The van der Waals surface area contributed by atoms with Crippen LogP contribution in [0.1, 0.15) is 12.8 Å². The summed E-state index contributed by atoms with van der Waals surface area (Å²) in [6.07, 6.45) is 1.84. The van der Waals surface area contributed by atoms with Gasteiger partial charge in [0, 0.05) is 18.8 Å². The Morgan fingerprint density at radius 2 is 2.00 bits per heavy atom. The van der Waals surface area contributed by atoms with E-state index < -0.39 is 20.7 Å². The van der Waals surface area contributed by atoms with Crippen LogP contribution in [0.25, 0.3) is 0 Å². The molecule has 1 aromatic carbocycles. The molecule has 1 fully saturated rings. The predicted octanol–water partition coefficient (Wildman–Crippen LogP) is 0.309. The summed E-state index contributed by atoms with van der Waals surface area (Å²) in [4.78, 5) is 12.8. The van der Waals surface area contributed by atoms with E-state index in [-0.39, 0.29) is 18.1 Å². The van der Waals surface area contributed by atoms with E-state index in [1.54, 1.807) is 4.90 Å². The molecule has 0 saturated carbocycles. The van der Waals surface area contributed by atoms with Gasteiger partial charge < -0.3 is 10.6 Å². The number of nitrogens with zero attached hydrogens (tertiary/aromatic N) is 1. The van der Waals surface area contributed by atoms with Gasteiger partial charge in [0.1, 0.15) is 10.7 Å². The molecule has 3 N–H and O–H groups in total. The van der Waals surface area contributed by atoms with Crippen LogP contribution in [0.4, 0.5) is 10.1 Å². The Bertz CT molecular complexity index is 612. The number of nitrogens with two attached hydrogens (primary N) is 1. The molecule has 1 aliphatic rings. The first-order valence-corrected chi connectivity index (χ1v) is 7.71. The van der Waals surface area contributed by atoms with Gasteiger partial charge in [-0.2, -0.15) is 0 Å². The molecule has 0 aliphatic carbocycles. The van der Waals surface area contributed by atoms with E-state index in [1.807, 2.05) is 0 Å². The van der Waals surface area contributed by atoms with Crippen LogP contribution in [0, 0.1) is 5.82 Å². The molecular weight excluding hydrogens is 285 g/mol.